The molecule has 1 amide bonds. The van der Waals surface area contributed by atoms with Gasteiger partial charge in [-0.25, -0.2) is 9.82 Å². The zero-order chi connectivity index (χ0) is 13.6. The van der Waals surface area contributed by atoms with Crippen LogP contribution in [0, 0.1) is 0 Å². The number of likely N-dealkylation sites (tertiary alicyclic amines) is 1. The molecule has 3 rings (SSSR count). The summed E-state index contributed by atoms with van der Waals surface area (Å²) in [6, 6.07) is -0.300. The van der Waals surface area contributed by atoms with E-state index in [9.17, 15) is 9.18 Å². The number of carbonyl (C=O) groups excluding carboxylic acids is 1. The van der Waals surface area contributed by atoms with Crippen LogP contribution < -0.4 is 11.2 Å². The van der Waals surface area contributed by atoms with Crippen LogP contribution in [0.1, 0.15) is 6.42 Å². The second kappa shape index (κ2) is 4.73. The average Bonchev–Trinajstić information content (AvgIpc) is 2.71. The van der Waals surface area contributed by atoms with Crippen molar-refractivity contribution >= 4 is 5.91 Å². The van der Waals surface area contributed by atoms with E-state index in [1.54, 1.807) is 11.9 Å². The van der Waals surface area contributed by atoms with Crippen LogP contribution in [0.25, 0.3) is 0 Å². The third-order valence-electron chi connectivity index (χ3n) is 3.97. The molecule has 2 unspecified atom stereocenters. The van der Waals surface area contributed by atoms with E-state index < -0.39 is 12.2 Å². The molecule has 0 aliphatic carbocycles. The Bertz CT molecular complexity index is 409. The summed E-state index contributed by atoms with van der Waals surface area (Å²) >= 11 is 0. The maximum atomic E-state index is 12.8. The summed E-state index contributed by atoms with van der Waals surface area (Å²) in [7, 11) is 1.75. The van der Waals surface area contributed by atoms with Crippen LogP contribution in [0.2, 0.25) is 0 Å². The molecule has 0 bridgehead atoms. The number of halogens is 1. The van der Waals surface area contributed by atoms with Gasteiger partial charge in [-0.3, -0.25) is 19.6 Å². The van der Waals surface area contributed by atoms with Crippen LogP contribution in [0.5, 0.6) is 0 Å². The lowest BCUT2D eigenvalue weighted by molar-refractivity contribution is -0.129. The van der Waals surface area contributed by atoms with Gasteiger partial charge in [-0.1, -0.05) is 0 Å². The minimum atomic E-state index is -0.679. The highest BCUT2D eigenvalue weighted by Crippen LogP contribution is 2.22. The molecule has 0 aromatic carbocycles. The molecule has 2 atom stereocenters. The molecule has 0 aromatic heterocycles. The summed E-state index contributed by atoms with van der Waals surface area (Å²) < 4.78 is 12.8. The van der Waals surface area contributed by atoms with Crippen LogP contribution in [-0.2, 0) is 4.79 Å². The average molecular weight is 269 g/mol. The molecule has 0 aromatic rings. The molecule has 2 fully saturated rings. The second-order valence-electron chi connectivity index (χ2n) is 5.52. The van der Waals surface area contributed by atoms with Crippen molar-refractivity contribution in [2.24, 2.45) is 5.73 Å². The number of rotatable bonds is 2. The third kappa shape index (κ3) is 2.33. The smallest absolute Gasteiger partial charge is 0.244 e. The van der Waals surface area contributed by atoms with Crippen molar-refractivity contribution in [1.29, 1.82) is 0 Å². The first-order valence-corrected chi connectivity index (χ1v) is 6.69. The molecule has 3 N–H and O–H groups in total. The molecular formula is C12H20FN5O. The highest BCUT2D eigenvalue weighted by Gasteiger charge is 2.35. The van der Waals surface area contributed by atoms with E-state index in [-0.39, 0.29) is 11.9 Å². The first kappa shape index (κ1) is 12.8. The quantitative estimate of drug-likeness (QED) is 0.663. The van der Waals surface area contributed by atoms with Crippen LogP contribution in [0.15, 0.2) is 11.9 Å². The number of likely N-dealkylation sites (N-methyl/N-ethyl adjacent to an activating group) is 1. The summed E-state index contributed by atoms with van der Waals surface area (Å²) in [5, 5.41) is 1.97. The molecule has 3 aliphatic heterocycles. The molecule has 106 valence electrons. The minimum absolute atomic E-state index is 0.0519. The van der Waals surface area contributed by atoms with Crippen LogP contribution >= 0.6 is 0 Å². The van der Waals surface area contributed by atoms with E-state index in [4.69, 9.17) is 5.73 Å². The van der Waals surface area contributed by atoms with Crippen LogP contribution in [0.4, 0.5) is 4.39 Å². The van der Waals surface area contributed by atoms with E-state index in [0.717, 1.165) is 12.4 Å². The van der Waals surface area contributed by atoms with Crippen molar-refractivity contribution in [2.75, 3.05) is 33.2 Å². The Morgan fingerprint density at radius 3 is 2.95 bits per heavy atom. The van der Waals surface area contributed by atoms with Crippen molar-refractivity contribution in [3.8, 4) is 0 Å². The number of fused-ring (bicyclic) bond motifs is 1. The number of amides is 1. The minimum Gasteiger partial charge on any atom is -0.320 e. The molecule has 0 radical (unpaired) electrons. The highest BCUT2D eigenvalue weighted by molar-refractivity contribution is 5.83. The lowest BCUT2D eigenvalue weighted by Crippen LogP contribution is -2.53. The van der Waals surface area contributed by atoms with Crippen molar-refractivity contribution in [2.45, 2.75) is 24.7 Å². The number of hydrazine groups is 1. The molecule has 0 saturated carbocycles. The summed E-state index contributed by atoms with van der Waals surface area (Å²) in [5.74, 6) is 0.809. The molecule has 19 heavy (non-hydrogen) atoms. The second-order valence-corrected chi connectivity index (χ2v) is 5.52. The normalized spacial score (nSPS) is 33.0. The first-order chi connectivity index (χ1) is 9.04. The van der Waals surface area contributed by atoms with Crippen LogP contribution in [0.3, 0.4) is 0 Å². The standard InChI is InChI=1S/C12H20FN5O/c1-16-11-4-9(7-17-5-8(13)6-17)15-18(11)3-2-10(14)12(16)19/h4,8-10,15H,2-3,5-7,14H2,1H3. The Labute approximate surface area is 112 Å². The maximum absolute atomic E-state index is 12.8. The predicted molar refractivity (Wildman–Crippen MR) is 68.4 cm³/mol. The van der Waals surface area contributed by atoms with Gasteiger partial charge in [0.1, 0.15) is 12.0 Å². The fraction of sp³-hybridized carbons (Fsp3) is 0.750. The van der Waals surface area contributed by atoms with Gasteiger partial charge in [0.2, 0.25) is 5.91 Å². The third-order valence-corrected chi connectivity index (χ3v) is 3.97. The first-order valence-electron chi connectivity index (χ1n) is 6.69. The number of nitrogens with zero attached hydrogens (tertiary/aromatic N) is 3. The van der Waals surface area contributed by atoms with Gasteiger partial charge in [-0.15, -0.1) is 0 Å². The molecule has 2 saturated heterocycles. The van der Waals surface area contributed by atoms with Crippen molar-refractivity contribution < 1.29 is 9.18 Å². The highest BCUT2D eigenvalue weighted by atomic mass is 19.1. The number of hydrogen-bond donors (Lipinski definition) is 2. The maximum Gasteiger partial charge on any atom is 0.244 e. The van der Waals surface area contributed by atoms with Gasteiger partial charge in [-0.05, 0) is 12.5 Å². The lowest BCUT2D eigenvalue weighted by Gasteiger charge is -2.36. The van der Waals surface area contributed by atoms with Crippen molar-refractivity contribution in [1.82, 2.24) is 20.2 Å². The SMILES string of the molecule is CN1C(=O)C(N)CCN2NC(CN3CC(F)C3)C=C21. The lowest BCUT2D eigenvalue weighted by atomic mass is 10.1. The molecule has 3 heterocycles. The Kier molecular flexibility index (Phi) is 3.20. The van der Waals surface area contributed by atoms with Gasteiger partial charge in [0.15, 0.2) is 0 Å². The molecular weight excluding hydrogens is 249 g/mol. The predicted octanol–water partition coefficient (Wildman–Crippen LogP) is -1.14. The van der Waals surface area contributed by atoms with E-state index >= 15 is 0 Å². The van der Waals surface area contributed by atoms with E-state index in [2.05, 4.69) is 10.3 Å². The number of alkyl halides is 1. The zero-order valence-electron chi connectivity index (χ0n) is 11.1. The van der Waals surface area contributed by atoms with Gasteiger partial charge < -0.3 is 5.73 Å². The Morgan fingerprint density at radius 2 is 2.26 bits per heavy atom. The number of nitrogens with two attached hydrogens (primary N) is 1. The monoisotopic (exact) mass is 269 g/mol. The molecule has 6 nitrogen and oxygen atoms in total. The zero-order valence-corrected chi connectivity index (χ0v) is 11.1. The van der Waals surface area contributed by atoms with E-state index in [1.165, 1.54) is 0 Å². The number of carbonyl (C=O) groups is 1. The fourth-order valence-electron chi connectivity index (χ4n) is 2.83. The fourth-order valence-corrected chi connectivity index (χ4v) is 2.83. The number of hydrogen-bond acceptors (Lipinski definition) is 5. The van der Waals surface area contributed by atoms with Gasteiger partial charge in [0.25, 0.3) is 0 Å². The molecule has 7 heteroatoms. The van der Waals surface area contributed by atoms with Gasteiger partial charge >= 0.3 is 0 Å². The summed E-state index contributed by atoms with van der Waals surface area (Å²) in [5.41, 5.74) is 9.16. The van der Waals surface area contributed by atoms with Crippen molar-refractivity contribution in [3.05, 3.63) is 11.9 Å². The van der Waals surface area contributed by atoms with Gasteiger partial charge in [0.05, 0.1) is 12.1 Å². The summed E-state index contributed by atoms with van der Waals surface area (Å²) in [4.78, 5) is 15.7. The van der Waals surface area contributed by atoms with E-state index in [0.29, 0.717) is 26.1 Å². The molecule has 3 aliphatic rings. The molecule has 0 spiro atoms. The van der Waals surface area contributed by atoms with Crippen molar-refractivity contribution in [3.63, 3.8) is 0 Å². The summed E-state index contributed by atoms with van der Waals surface area (Å²) in [6.07, 6.45) is 1.99. The van der Waals surface area contributed by atoms with Crippen LogP contribution in [-0.4, -0.2) is 72.2 Å². The Morgan fingerprint density at radius 1 is 1.53 bits per heavy atom. The Balaban J connectivity index is 1.67. The summed E-state index contributed by atoms with van der Waals surface area (Å²) in [6.45, 7) is 2.52. The largest absolute Gasteiger partial charge is 0.320 e. The Hall–Kier alpha value is -1.18. The van der Waals surface area contributed by atoms with E-state index in [1.807, 2.05) is 11.1 Å². The van der Waals surface area contributed by atoms with Gasteiger partial charge in [0, 0.05) is 33.2 Å². The topological polar surface area (TPSA) is 64.8 Å². The van der Waals surface area contributed by atoms with Gasteiger partial charge in [-0.2, -0.15) is 0 Å². The number of nitrogens with one attached hydrogen (secondary N) is 1.